The van der Waals surface area contributed by atoms with Crippen LogP contribution in [-0.2, 0) is 14.0 Å². The molecule has 0 fully saturated rings. The Kier molecular flexibility index (Phi) is 7.12. The summed E-state index contributed by atoms with van der Waals surface area (Å²) in [4.78, 5) is 11.8. The van der Waals surface area contributed by atoms with Gasteiger partial charge in [0.2, 0.25) is 0 Å². The van der Waals surface area contributed by atoms with Crippen molar-refractivity contribution in [2.45, 2.75) is 32.2 Å². The second kappa shape index (κ2) is 8.59. The number of carbonyl (C=O) groups is 1. The molecule has 1 unspecified atom stereocenters. The van der Waals surface area contributed by atoms with Crippen LogP contribution in [0.4, 0.5) is 0 Å². The molecule has 0 saturated carbocycles. The van der Waals surface area contributed by atoms with Gasteiger partial charge in [0.05, 0.1) is 19.5 Å². The van der Waals surface area contributed by atoms with Gasteiger partial charge in [-0.1, -0.05) is 42.5 Å². The number of ether oxygens (including phenoxy) is 1. The van der Waals surface area contributed by atoms with Crippen molar-refractivity contribution in [2.75, 3.05) is 7.11 Å². The zero-order chi connectivity index (χ0) is 15.7. The summed E-state index contributed by atoms with van der Waals surface area (Å²) < 4.78 is 10.8. The van der Waals surface area contributed by atoms with Crippen molar-refractivity contribution in [1.29, 1.82) is 0 Å². The van der Waals surface area contributed by atoms with E-state index in [1.165, 1.54) is 19.4 Å². The quantitative estimate of drug-likeness (QED) is 0.413. The van der Waals surface area contributed by atoms with Crippen LogP contribution in [0.2, 0.25) is 19.6 Å². The predicted molar refractivity (Wildman–Crippen MR) is 89.5 cm³/mol. The summed E-state index contributed by atoms with van der Waals surface area (Å²) in [5.41, 5.74) is 1.10. The highest BCUT2D eigenvalue weighted by Gasteiger charge is 2.20. The van der Waals surface area contributed by atoms with Crippen LogP contribution in [0, 0.1) is 0 Å². The minimum Gasteiger partial charge on any atom is -0.504 e. The maximum Gasteiger partial charge on any atom is 0.184 e. The number of methoxy groups -OCH3 is 1. The van der Waals surface area contributed by atoms with Crippen molar-refractivity contribution >= 4 is 20.2 Å². The standard InChI is InChI=1S/C17H24O3Si/c1-19-13-12-16(18)14-17(20-21(2,3)4)11-10-15-8-6-5-7-9-15/h5-13,17H,14H2,1-4H3/b11-10+,13-12-. The number of allylic oxidation sites excluding steroid dienone is 1. The van der Waals surface area contributed by atoms with Crippen molar-refractivity contribution in [3.8, 4) is 0 Å². The highest BCUT2D eigenvalue weighted by molar-refractivity contribution is 6.69. The van der Waals surface area contributed by atoms with E-state index in [1.807, 2.05) is 42.5 Å². The molecule has 0 saturated heterocycles. The van der Waals surface area contributed by atoms with Gasteiger partial charge in [0, 0.05) is 12.5 Å². The molecule has 0 aliphatic carbocycles. The van der Waals surface area contributed by atoms with E-state index in [1.54, 1.807) is 0 Å². The second-order valence-corrected chi connectivity index (χ2v) is 10.2. The number of carbonyl (C=O) groups excluding carboxylic acids is 1. The van der Waals surface area contributed by atoms with E-state index in [4.69, 9.17) is 9.16 Å². The molecule has 1 aromatic carbocycles. The summed E-state index contributed by atoms with van der Waals surface area (Å²) in [7, 11) is -0.192. The lowest BCUT2D eigenvalue weighted by Crippen LogP contribution is -2.32. The molecule has 0 amide bonds. The summed E-state index contributed by atoms with van der Waals surface area (Å²) in [5.74, 6) is -0.00203. The molecule has 114 valence electrons. The first-order valence-corrected chi connectivity index (χ1v) is 10.4. The SMILES string of the molecule is CO/C=C\C(=O)CC(/C=C/c1ccccc1)O[Si](C)(C)C. The first-order valence-electron chi connectivity index (χ1n) is 7.04. The average molecular weight is 304 g/mol. The van der Waals surface area contributed by atoms with Gasteiger partial charge < -0.3 is 9.16 Å². The molecule has 0 heterocycles. The fourth-order valence-electron chi connectivity index (χ4n) is 1.80. The van der Waals surface area contributed by atoms with E-state index in [9.17, 15) is 4.79 Å². The second-order valence-electron chi connectivity index (χ2n) is 5.75. The van der Waals surface area contributed by atoms with Crippen LogP contribution in [0.1, 0.15) is 12.0 Å². The highest BCUT2D eigenvalue weighted by atomic mass is 28.4. The first kappa shape index (κ1) is 17.4. The Labute approximate surface area is 128 Å². The Bertz CT molecular complexity index is 487. The molecule has 0 spiro atoms. The van der Waals surface area contributed by atoms with Crippen LogP contribution < -0.4 is 0 Å². The average Bonchev–Trinajstić information content (AvgIpc) is 2.42. The number of ketones is 1. The number of benzene rings is 1. The monoisotopic (exact) mass is 304 g/mol. The molecular weight excluding hydrogens is 280 g/mol. The fraction of sp³-hybridized carbons (Fsp3) is 0.353. The third kappa shape index (κ3) is 8.27. The van der Waals surface area contributed by atoms with Crippen LogP contribution in [0.3, 0.4) is 0 Å². The van der Waals surface area contributed by atoms with E-state index in [0.717, 1.165) is 5.56 Å². The van der Waals surface area contributed by atoms with Gasteiger partial charge in [-0.15, -0.1) is 0 Å². The molecular formula is C17H24O3Si. The lowest BCUT2D eigenvalue weighted by molar-refractivity contribution is -0.115. The third-order valence-electron chi connectivity index (χ3n) is 2.60. The maximum atomic E-state index is 11.8. The van der Waals surface area contributed by atoms with Gasteiger partial charge in [-0.3, -0.25) is 4.79 Å². The highest BCUT2D eigenvalue weighted by Crippen LogP contribution is 2.14. The summed E-state index contributed by atoms with van der Waals surface area (Å²) in [6.45, 7) is 6.35. The number of rotatable bonds is 8. The minimum absolute atomic E-state index is 0.00203. The lowest BCUT2D eigenvalue weighted by Gasteiger charge is -2.23. The summed E-state index contributed by atoms with van der Waals surface area (Å²) in [6, 6.07) is 10.00. The normalized spacial score (nSPS) is 13.7. The van der Waals surface area contributed by atoms with E-state index in [0.29, 0.717) is 6.42 Å². The van der Waals surface area contributed by atoms with Crippen molar-refractivity contribution in [3.63, 3.8) is 0 Å². The fourth-order valence-corrected chi connectivity index (χ4v) is 2.87. The van der Waals surface area contributed by atoms with Gasteiger partial charge in [0.25, 0.3) is 0 Å². The molecule has 21 heavy (non-hydrogen) atoms. The number of hydrogen-bond acceptors (Lipinski definition) is 3. The molecule has 0 aromatic heterocycles. The molecule has 1 aromatic rings. The van der Waals surface area contributed by atoms with Gasteiger partial charge in [0.15, 0.2) is 14.1 Å². The molecule has 1 atom stereocenters. The van der Waals surface area contributed by atoms with Gasteiger partial charge in [0.1, 0.15) is 0 Å². The topological polar surface area (TPSA) is 35.5 Å². The largest absolute Gasteiger partial charge is 0.504 e. The van der Waals surface area contributed by atoms with E-state index in [2.05, 4.69) is 19.6 Å². The molecule has 0 aliphatic heterocycles. The van der Waals surface area contributed by atoms with Gasteiger partial charge in [-0.05, 0) is 25.2 Å². The van der Waals surface area contributed by atoms with Gasteiger partial charge in [-0.25, -0.2) is 0 Å². The predicted octanol–water partition coefficient (Wildman–Crippen LogP) is 4.04. The smallest absolute Gasteiger partial charge is 0.184 e. The van der Waals surface area contributed by atoms with Crippen LogP contribution in [0.15, 0.2) is 48.7 Å². The summed E-state index contributed by atoms with van der Waals surface area (Å²) >= 11 is 0. The Balaban J connectivity index is 2.75. The van der Waals surface area contributed by atoms with E-state index < -0.39 is 8.32 Å². The van der Waals surface area contributed by atoms with Crippen LogP contribution in [0.25, 0.3) is 6.08 Å². The number of hydrogen-bond donors (Lipinski definition) is 0. The first-order chi connectivity index (χ1) is 9.90. The van der Waals surface area contributed by atoms with Crippen molar-refractivity contribution < 1.29 is 14.0 Å². The lowest BCUT2D eigenvalue weighted by atomic mass is 10.1. The zero-order valence-corrected chi connectivity index (χ0v) is 14.2. The maximum absolute atomic E-state index is 11.8. The molecule has 4 heteroatoms. The molecule has 0 radical (unpaired) electrons. The molecule has 0 aliphatic rings. The Morgan fingerprint density at radius 2 is 1.90 bits per heavy atom. The van der Waals surface area contributed by atoms with Gasteiger partial charge in [-0.2, -0.15) is 0 Å². The van der Waals surface area contributed by atoms with Crippen molar-refractivity contribution in [1.82, 2.24) is 0 Å². The van der Waals surface area contributed by atoms with E-state index in [-0.39, 0.29) is 11.9 Å². The van der Waals surface area contributed by atoms with Crippen LogP contribution in [-0.4, -0.2) is 27.3 Å². The zero-order valence-electron chi connectivity index (χ0n) is 13.2. The van der Waals surface area contributed by atoms with Crippen LogP contribution in [0.5, 0.6) is 0 Å². The minimum atomic E-state index is -1.72. The van der Waals surface area contributed by atoms with E-state index >= 15 is 0 Å². The molecule has 3 nitrogen and oxygen atoms in total. The van der Waals surface area contributed by atoms with Crippen LogP contribution >= 0.6 is 0 Å². The Morgan fingerprint density at radius 1 is 1.24 bits per heavy atom. The molecule has 0 bridgehead atoms. The summed E-state index contributed by atoms with van der Waals surface area (Å²) in [5, 5.41) is 0. The molecule has 1 rings (SSSR count). The van der Waals surface area contributed by atoms with Gasteiger partial charge >= 0.3 is 0 Å². The van der Waals surface area contributed by atoms with Crippen molar-refractivity contribution in [2.24, 2.45) is 0 Å². The molecule has 0 N–H and O–H groups in total. The Hall–Kier alpha value is -1.65. The third-order valence-corrected chi connectivity index (χ3v) is 3.61. The van der Waals surface area contributed by atoms with Crippen molar-refractivity contribution in [3.05, 3.63) is 54.3 Å². The Morgan fingerprint density at radius 3 is 2.48 bits per heavy atom. The summed E-state index contributed by atoms with van der Waals surface area (Å²) in [6.07, 6.45) is 6.93.